The first-order chi connectivity index (χ1) is 8.27. The van der Waals surface area contributed by atoms with E-state index in [1.807, 2.05) is 45.0 Å². The molecule has 0 bridgehead atoms. The molecular weight excluding hydrogens is 214 g/mol. The van der Waals surface area contributed by atoms with Gasteiger partial charge in [-0.2, -0.15) is 5.10 Å². The topological polar surface area (TPSA) is 50.2 Å². The molecule has 4 nitrogen and oxygen atoms in total. The van der Waals surface area contributed by atoms with Crippen molar-refractivity contribution in [3.8, 4) is 0 Å². The largest absolute Gasteiger partial charge is 0.310 e. The highest BCUT2D eigenvalue weighted by atomic mass is 16.1. The molecule has 0 radical (unpaired) electrons. The minimum Gasteiger partial charge on any atom is -0.310 e. The van der Waals surface area contributed by atoms with Gasteiger partial charge in [-0.25, -0.2) is 4.52 Å². The minimum absolute atomic E-state index is 0.111. The number of rotatable bonds is 0. The van der Waals surface area contributed by atoms with Crippen LogP contribution in [-0.2, 0) is 0 Å². The molecule has 0 saturated carbocycles. The highest BCUT2D eigenvalue weighted by molar-refractivity contribution is 5.88. The van der Waals surface area contributed by atoms with Gasteiger partial charge in [-0.15, -0.1) is 0 Å². The monoisotopic (exact) mass is 229 g/mol. The van der Waals surface area contributed by atoms with Gasteiger partial charge in [0, 0.05) is 5.39 Å². The predicted molar refractivity (Wildman–Crippen MR) is 69.4 cm³/mol. The number of aromatic nitrogens is 3. The van der Waals surface area contributed by atoms with Crippen LogP contribution in [0.4, 0.5) is 0 Å². The van der Waals surface area contributed by atoms with Gasteiger partial charge in [0.15, 0.2) is 0 Å². The lowest BCUT2D eigenvalue weighted by atomic mass is 10.1. The molecule has 1 aromatic carbocycles. The summed E-state index contributed by atoms with van der Waals surface area (Å²) in [6.45, 7) is 6.02. The Morgan fingerprint density at radius 1 is 1.24 bits per heavy atom. The Labute approximate surface area is 98.9 Å². The molecule has 3 aromatic rings. The molecule has 0 unspecified atom stereocenters. The van der Waals surface area contributed by atoms with Crippen molar-refractivity contribution >= 4 is 16.4 Å². The van der Waals surface area contributed by atoms with Crippen LogP contribution >= 0.6 is 0 Å². The van der Waals surface area contributed by atoms with Gasteiger partial charge in [0.2, 0.25) is 0 Å². The lowest BCUT2D eigenvalue weighted by molar-refractivity contribution is 0.914. The van der Waals surface area contributed by atoms with Crippen molar-refractivity contribution < 1.29 is 0 Å². The van der Waals surface area contributed by atoms with E-state index >= 15 is 0 Å². The summed E-state index contributed by atoms with van der Waals surface area (Å²) in [6.07, 6.45) is 1.41. The summed E-state index contributed by atoms with van der Waals surface area (Å²) in [5.41, 5.74) is 2.59. The van der Waals surface area contributed by atoms with Crippen LogP contribution in [0, 0.1) is 6.92 Å². The maximum Gasteiger partial charge on any atom is 0.275 e. The maximum atomic E-state index is 11.5. The zero-order valence-electron chi connectivity index (χ0n) is 10.2. The van der Waals surface area contributed by atoms with Crippen molar-refractivity contribution in [2.45, 2.75) is 20.8 Å². The summed E-state index contributed by atoms with van der Waals surface area (Å²) in [7, 11) is 0. The van der Waals surface area contributed by atoms with E-state index in [2.05, 4.69) is 10.1 Å². The molecule has 2 aromatic heterocycles. The van der Waals surface area contributed by atoms with Crippen LogP contribution in [0.15, 0.2) is 35.4 Å². The number of nitrogens with one attached hydrogen (secondary N) is 1. The Bertz CT molecular complexity index is 709. The van der Waals surface area contributed by atoms with E-state index in [1.54, 1.807) is 4.52 Å². The molecule has 0 fully saturated rings. The number of H-pyrrole nitrogens is 1. The third kappa shape index (κ3) is 1.71. The molecule has 0 aliphatic carbocycles. The highest BCUT2D eigenvalue weighted by Gasteiger charge is 2.06. The Balaban J connectivity index is 0.000000514. The second-order valence-electron chi connectivity index (χ2n) is 3.57. The molecule has 0 atom stereocenters. The second kappa shape index (κ2) is 4.41. The van der Waals surface area contributed by atoms with E-state index in [4.69, 9.17) is 0 Å². The lowest BCUT2D eigenvalue weighted by Crippen LogP contribution is -2.09. The molecule has 3 rings (SSSR count). The molecule has 88 valence electrons. The number of benzene rings is 1. The molecule has 0 amide bonds. The summed E-state index contributed by atoms with van der Waals surface area (Å²) in [5.74, 6) is 0. The number of aromatic amines is 1. The van der Waals surface area contributed by atoms with Crippen LogP contribution in [0.3, 0.4) is 0 Å². The number of hydrogen-bond donors (Lipinski definition) is 1. The lowest BCUT2D eigenvalue weighted by Gasteiger charge is -1.95. The third-order valence-electron chi connectivity index (χ3n) is 2.64. The molecule has 0 aliphatic rings. The predicted octanol–water partition coefficient (Wildman–Crippen LogP) is 2.51. The van der Waals surface area contributed by atoms with Gasteiger partial charge in [0.05, 0.1) is 5.52 Å². The van der Waals surface area contributed by atoms with Crippen molar-refractivity contribution in [3.05, 3.63) is 46.5 Å². The standard InChI is InChI=1S/C11H9N3O.C2H6/c1-7-3-2-4-9-8(7)5-10-11(15)12-6-13-14(9)10;1-2/h2-6H,1H3,(H,12,13,15);1-2H3. The average Bonchev–Trinajstić information content (AvgIpc) is 2.74. The second-order valence-corrected chi connectivity index (χ2v) is 3.57. The molecular formula is C13H15N3O. The zero-order valence-corrected chi connectivity index (χ0v) is 10.2. The van der Waals surface area contributed by atoms with Crippen molar-refractivity contribution in [2.75, 3.05) is 0 Å². The average molecular weight is 229 g/mol. The number of fused-ring (bicyclic) bond motifs is 3. The van der Waals surface area contributed by atoms with Gasteiger partial charge in [0.25, 0.3) is 5.56 Å². The summed E-state index contributed by atoms with van der Waals surface area (Å²) in [6, 6.07) is 7.82. The third-order valence-corrected chi connectivity index (χ3v) is 2.64. The van der Waals surface area contributed by atoms with Gasteiger partial charge in [0.1, 0.15) is 11.8 Å². The smallest absolute Gasteiger partial charge is 0.275 e. The summed E-state index contributed by atoms with van der Waals surface area (Å²) in [5, 5.41) is 5.20. The van der Waals surface area contributed by atoms with E-state index in [9.17, 15) is 4.79 Å². The maximum absolute atomic E-state index is 11.5. The van der Waals surface area contributed by atoms with Crippen LogP contribution in [0.1, 0.15) is 19.4 Å². The summed E-state index contributed by atoms with van der Waals surface area (Å²) < 4.78 is 1.67. The normalized spacial score (nSPS) is 10.3. The van der Waals surface area contributed by atoms with Crippen LogP contribution < -0.4 is 5.56 Å². The molecule has 0 saturated heterocycles. The van der Waals surface area contributed by atoms with E-state index in [0.717, 1.165) is 16.5 Å². The van der Waals surface area contributed by atoms with Gasteiger partial charge in [-0.3, -0.25) is 4.79 Å². The van der Waals surface area contributed by atoms with Crippen LogP contribution in [0.5, 0.6) is 0 Å². The fourth-order valence-corrected chi connectivity index (χ4v) is 1.87. The van der Waals surface area contributed by atoms with Gasteiger partial charge < -0.3 is 4.98 Å². The summed E-state index contributed by atoms with van der Waals surface area (Å²) in [4.78, 5) is 14.1. The van der Waals surface area contributed by atoms with E-state index < -0.39 is 0 Å². The molecule has 0 aliphatic heterocycles. The fourth-order valence-electron chi connectivity index (χ4n) is 1.87. The Kier molecular flexibility index (Phi) is 2.95. The first-order valence-electron chi connectivity index (χ1n) is 5.72. The SMILES string of the molecule is CC.Cc1cccc2c1cc1c(=O)[nH]cnn12. The fraction of sp³-hybridized carbons (Fsp3) is 0.231. The van der Waals surface area contributed by atoms with Crippen LogP contribution in [0.25, 0.3) is 16.4 Å². The highest BCUT2D eigenvalue weighted by Crippen LogP contribution is 2.20. The Morgan fingerprint density at radius 3 is 2.76 bits per heavy atom. The van der Waals surface area contributed by atoms with E-state index in [-0.39, 0.29) is 5.56 Å². The molecule has 4 heteroatoms. The quantitative estimate of drug-likeness (QED) is 0.644. The van der Waals surface area contributed by atoms with Crippen molar-refractivity contribution in [3.63, 3.8) is 0 Å². The van der Waals surface area contributed by atoms with Gasteiger partial charge in [-0.1, -0.05) is 26.0 Å². The number of aryl methyl sites for hydroxylation is 1. The van der Waals surface area contributed by atoms with E-state index in [0.29, 0.717) is 5.52 Å². The van der Waals surface area contributed by atoms with Crippen molar-refractivity contribution in [1.29, 1.82) is 0 Å². The van der Waals surface area contributed by atoms with Crippen LogP contribution in [0.2, 0.25) is 0 Å². The number of hydrogen-bond acceptors (Lipinski definition) is 2. The number of nitrogens with zero attached hydrogens (tertiary/aromatic N) is 2. The zero-order chi connectivity index (χ0) is 12.4. The molecule has 0 spiro atoms. The van der Waals surface area contributed by atoms with Crippen molar-refractivity contribution in [2.24, 2.45) is 0 Å². The van der Waals surface area contributed by atoms with Crippen molar-refractivity contribution in [1.82, 2.24) is 14.6 Å². The van der Waals surface area contributed by atoms with Gasteiger partial charge >= 0.3 is 0 Å². The molecule has 1 N–H and O–H groups in total. The summed E-state index contributed by atoms with van der Waals surface area (Å²) >= 11 is 0. The Hall–Kier alpha value is -2.10. The van der Waals surface area contributed by atoms with Crippen LogP contribution in [-0.4, -0.2) is 14.6 Å². The minimum atomic E-state index is -0.111. The first kappa shape index (κ1) is 11.4. The molecule has 2 heterocycles. The Morgan fingerprint density at radius 2 is 2.00 bits per heavy atom. The molecule has 17 heavy (non-hydrogen) atoms. The van der Waals surface area contributed by atoms with E-state index in [1.165, 1.54) is 6.33 Å². The van der Waals surface area contributed by atoms with Gasteiger partial charge in [-0.05, 0) is 24.6 Å². The first-order valence-corrected chi connectivity index (χ1v) is 5.72.